The van der Waals surface area contributed by atoms with Crippen molar-refractivity contribution in [3.8, 4) is 5.75 Å². The molecule has 1 atom stereocenters. The summed E-state index contributed by atoms with van der Waals surface area (Å²) in [6.07, 6.45) is 0.839. The second-order valence-corrected chi connectivity index (χ2v) is 8.74. The molecule has 1 unspecified atom stereocenters. The summed E-state index contributed by atoms with van der Waals surface area (Å²) >= 11 is 1.45. The van der Waals surface area contributed by atoms with Crippen molar-refractivity contribution >= 4 is 35.0 Å². The van der Waals surface area contributed by atoms with Crippen LogP contribution in [0.15, 0.2) is 41.3 Å². The van der Waals surface area contributed by atoms with Gasteiger partial charge in [-0.25, -0.2) is 0 Å². The molecule has 1 saturated heterocycles. The highest BCUT2D eigenvalue weighted by atomic mass is 32.2. The first-order valence-corrected chi connectivity index (χ1v) is 9.91. The lowest BCUT2D eigenvalue weighted by Crippen LogP contribution is -2.49. The molecular weight excluding hydrogens is 360 g/mol. The van der Waals surface area contributed by atoms with Crippen molar-refractivity contribution in [3.05, 3.63) is 47.5 Å². The minimum Gasteiger partial charge on any atom is -0.508 e. The SMILES string of the molecule is Cc1cc(O)c(C(C)C)cc1NC(=O)C12CCC(=O)N1c1ccccc1S2. The predicted octanol–water partition coefficient (Wildman–Crippen LogP) is 4.39. The van der Waals surface area contributed by atoms with Gasteiger partial charge in [0.1, 0.15) is 5.75 Å². The monoisotopic (exact) mass is 382 g/mol. The van der Waals surface area contributed by atoms with Gasteiger partial charge in [-0.15, -0.1) is 0 Å². The van der Waals surface area contributed by atoms with Gasteiger partial charge in [0.2, 0.25) is 5.91 Å². The molecule has 2 aromatic carbocycles. The van der Waals surface area contributed by atoms with Gasteiger partial charge < -0.3 is 10.4 Å². The lowest BCUT2D eigenvalue weighted by atomic mass is 9.99. The third-order valence-corrected chi connectivity index (χ3v) is 6.75. The standard InChI is InChI=1S/C21H22N2O3S/c1-12(2)14-11-15(13(3)10-17(14)24)22-20(26)21-9-8-19(25)23(21)16-6-4-5-7-18(16)27-21/h4-7,10-12,24H,8-9H2,1-3H3,(H,22,26). The number of anilines is 2. The summed E-state index contributed by atoms with van der Waals surface area (Å²) in [7, 11) is 0. The van der Waals surface area contributed by atoms with E-state index in [1.165, 1.54) is 11.8 Å². The van der Waals surface area contributed by atoms with Crippen LogP contribution in [-0.2, 0) is 9.59 Å². The lowest BCUT2D eigenvalue weighted by molar-refractivity contribution is -0.121. The number of phenolic OH excluding ortho intramolecular Hbond substituents is 1. The zero-order valence-corrected chi connectivity index (χ0v) is 16.4. The predicted molar refractivity (Wildman–Crippen MR) is 107 cm³/mol. The van der Waals surface area contributed by atoms with E-state index < -0.39 is 4.87 Å². The zero-order valence-electron chi connectivity index (χ0n) is 15.6. The molecule has 0 aliphatic carbocycles. The highest BCUT2D eigenvalue weighted by Crippen LogP contribution is 2.56. The van der Waals surface area contributed by atoms with Crippen molar-refractivity contribution in [1.29, 1.82) is 0 Å². The number of carbonyl (C=O) groups excluding carboxylic acids is 2. The smallest absolute Gasteiger partial charge is 0.261 e. The molecule has 5 nitrogen and oxygen atoms in total. The highest BCUT2D eigenvalue weighted by Gasteiger charge is 2.57. The Bertz CT molecular complexity index is 956. The number of thioether (sulfide) groups is 1. The van der Waals surface area contributed by atoms with Crippen molar-refractivity contribution in [3.63, 3.8) is 0 Å². The van der Waals surface area contributed by atoms with E-state index in [-0.39, 0.29) is 23.5 Å². The summed E-state index contributed by atoms with van der Waals surface area (Å²) in [5.41, 5.74) is 3.06. The maximum Gasteiger partial charge on any atom is 0.261 e. The number of aromatic hydroxyl groups is 1. The molecule has 0 saturated carbocycles. The average molecular weight is 382 g/mol. The van der Waals surface area contributed by atoms with Gasteiger partial charge in [0, 0.05) is 17.0 Å². The normalized spacial score (nSPS) is 20.7. The number of phenols is 1. The third kappa shape index (κ3) is 2.70. The molecule has 27 heavy (non-hydrogen) atoms. The first kappa shape index (κ1) is 17.9. The van der Waals surface area contributed by atoms with Crippen LogP contribution in [0.4, 0.5) is 11.4 Å². The van der Waals surface area contributed by atoms with Crippen LogP contribution in [0.25, 0.3) is 0 Å². The number of para-hydroxylation sites is 1. The largest absolute Gasteiger partial charge is 0.508 e. The minimum absolute atomic E-state index is 0.0205. The van der Waals surface area contributed by atoms with E-state index in [2.05, 4.69) is 5.32 Å². The number of carbonyl (C=O) groups is 2. The van der Waals surface area contributed by atoms with Gasteiger partial charge in [-0.3, -0.25) is 14.5 Å². The molecule has 2 aromatic rings. The van der Waals surface area contributed by atoms with Crippen LogP contribution < -0.4 is 10.2 Å². The van der Waals surface area contributed by atoms with Crippen LogP contribution in [0.3, 0.4) is 0 Å². The van der Waals surface area contributed by atoms with Crippen LogP contribution in [0.1, 0.15) is 43.7 Å². The fourth-order valence-corrected chi connectivity index (χ4v) is 5.24. The lowest BCUT2D eigenvalue weighted by Gasteiger charge is -2.30. The minimum atomic E-state index is -0.941. The molecule has 6 heteroatoms. The summed E-state index contributed by atoms with van der Waals surface area (Å²) in [5, 5.41) is 13.2. The molecule has 0 radical (unpaired) electrons. The maximum absolute atomic E-state index is 13.4. The third-order valence-electron chi connectivity index (χ3n) is 5.27. The van der Waals surface area contributed by atoms with E-state index in [1.54, 1.807) is 11.0 Å². The molecule has 2 N–H and O–H groups in total. The molecule has 0 aromatic heterocycles. The van der Waals surface area contributed by atoms with E-state index in [0.717, 1.165) is 21.7 Å². The second kappa shape index (κ2) is 6.30. The second-order valence-electron chi connectivity index (χ2n) is 7.42. The van der Waals surface area contributed by atoms with Crippen LogP contribution >= 0.6 is 11.8 Å². The van der Waals surface area contributed by atoms with E-state index >= 15 is 0 Å². The van der Waals surface area contributed by atoms with Crippen molar-refractivity contribution in [1.82, 2.24) is 0 Å². The first-order valence-electron chi connectivity index (χ1n) is 9.09. The van der Waals surface area contributed by atoms with Crippen molar-refractivity contribution in [2.24, 2.45) is 0 Å². The van der Waals surface area contributed by atoms with Crippen LogP contribution in [0.5, 0.6) is 5.75 Å². The number of benzene rings is 2. The van der Waals surface area contributed by atoms with Crippen LogP contribution in [0, 0.1) is 6.92 Å². The van der Waals surface area contributed by atoms with Gasteiger partial charge in [0.25, 0.3) is 5.91 Å². The number of aryl methyl sites for hydroxylation is 1. The quantitative estimate of drug-likeness (QED) is 0.773. The maximum atomic E-state index is 13.4. The first-order chi connectivity index (χ1) is 12.8. The van der Waals surface area contributed by atoms with Crippen molar-refractivity contribution in [2.75, 3.05) is 10.2 Å². The van der Waals surface area contributed by atoms with Crippen LogP contribution in [-0.4, -0.2) is 21.8 Å². The van der Waals surface area contributed by atoms with E-state index in [4.69, 9.17) is 0 Å². The molecule has 2 aliphatic rings. The van der Waals surface area contributed by atoms with Crippen molar-refractivity contribution in [2.45, 2.75) is 49.3 Å². The Morgan fingerprint density at radius 3 is 2.78 bits per heavy atom. The summed E-state index contributed by atoms with van der Waals surface area (Å²) in [6, 6.07) is 11.2. The molecule has 2 heterocycles. The number of amides is 2. The fraction of sp³-hybridized carbons (Fsp3) is 0.333. The fourth-order valence-electron chi connectivity index (χ4n) is 3.83. The van der Waals surface area contributed by atoms with E-state index in [1.807, 2.05) is 51.1 Å². The Morgan fingerprint density at radius 1 is 1.30 bits per heavy atom. The molecule has 1 fully saturated rings. The summed E-state index contributed by atoms with van der Waals surface area (Å²) < 4.78 is 0. The van der Waals surface area contributed by atoms with Gasteiger partial charge in [0.15, 0.2) is 4.87 Å². The molecule has 0 bridgehead atoms. The van der Waals surface area contributed by atoms with Gasteiger partial charge in [-0.1, -0.05) is 37.7 Å². The van der Waals surface area contributed by atoms with Crippen molar-refractivity contribution < 1.29 is 14.7 Å². The number of nitrogens with zero attached hydrogens (tertiary/aromatic N) is 1. The highest BCUT2D eigenvalue weighted by molar-refractivity contribution is 8.02. The number of fused-ring (bicyclic) bond motifs is 3. The average Bonchev–Trinajstić information content (AvgIpc) is 3.13. The number of nitrogens with one attached hydrogen (secondary N) is 1. The molecule has 2 amide bonds. The topological polar surface area (TPSA) is 69.6 Å². The van der Waals surface area contributed by atoms with E-state index in [9.17, 15) is 14.7 Å². The molecular formula is C21H22N2O3S. The molecule has 0 spiro atoms. The Labute approximate surface area is 162 Å². The van der Waals surface area contributed by atoms with Crippen LogP contribution in [0.2, 0.25) is 0 Å². The molecule has 2 aliphatic heterocycles. The molecule has 4 rings (SSSR count). The summed E-state index contributed by atoms with van der Waals surface area (Å²) in [4.78, 5) is 27.6. The van der Waals surface area contributed by atoms with Gasteiger partial charge in [0.05, 0.1) is 5.69 Å². The number of rotatable bonds is 3. The Hall–Kier alpha value is -2.47. The Balaban J connectivity index is 1.70. The Morgan fingerprint density at radius 2 is 2.04 bits per heavy atom. The summed E-state index contributed by atoms with van der Waals surface area (Å²) in [5.74, 6) is 0.152. The van der Waals surface area contributed by atoms with E-state index in [0.29, 0.717) is 18.5 Å². The van der Waals surface area contributed by atoms with Gasteiger partial charge >= 0.3 is 0 Å². The molecule has 140 valence electrons. The number of hydrogen-bond donors (Lipinski definition) is 2. The van der Waals surface area contributed by atoms with Gasteiger partial charge in [-0.05, 0) is 54.7 Å². The van der Waals surface area contributed by atoms with Gasteiger partial charge in [-0.2, -0.15) is 0 Å². The zero-order chi connectivity index (χ0) is 19.3. The summed E-state index contributed by atoms with van der Waals surface area (Å²) in [6.45, 7) is 5.84. The Kier molecular flexibility index (Phi) is 4.18. The number of hydrogen-bond acceptors (Lipinski definition) is 4.